The summed E-state index contributed by atoms with van der Waals surface area (Å²) in [4.78, 5) is 0. The molecule has 0 saturated heterocycles. The topological polar surface area (TPSA) is 12.0 Å². The molecule has 21 heavy (non-hydrogen) atoms. The van der Waals surface area contributed by atoms with E-state index in [4.69, 9.17) is 0 Å². The minimum Gasteiger partial charge on any atom is -0.310 e. The van der Waals surface area contributed by atoms with Crippen molar-refractivity contribution in [2.24, 2.45) is 5.92 Å². The van der Waals surface area contributed by atoms with E-state index < -0.39 is 0 Å². The lowest BCUT2D eigenvalue weighted by Gasteiger charge is -2.27. The molecule has 0 spiro atoms. The van der Waals surface area contributed by atoms with Gasteiger partial charge in [0.25, 0.3) is 0 Å². The van der Waals surface area contributed by atoms with Crippen LogP contribution in [0.4, 0.5) is 0 Å². The van der Waals surface area contributed by atoms with Crippen molar-refractivity contribution in [1.29, 1.82) is 0 Å². The summed E-state index contributed by atoms with van der Waals surface area (Å²) < 4.78 is 1.20. The summed E-state index contributed by atoms with van der Waals surface area (Å²) in [6.07, 6.45) is 6.71. The summed E-state index contributed by atoms with van der Waals surface area (Å²) in [5.74, 6) is 0.793. The van der Waals surface area contributed by atoms with Crippen LogP contribution >= 0.6 is 15.9 Å². The SMILES string of the molecule is CCCNC(c1ccc(Br)c2ccccc12)C1CCCC1. The molecule has 0 amide bonds. The van der Waals surface area contributed by atoms with Gasteiger partial charge in [-0.05, 0) is 54.1 Å². The fourth-order valence-electron chi connectivity index (χ4n) is 3.68. The summed E-state index contributed by atoms with van der Waals surface area (Å²) >= 11 is 3.70. The van der Waals surface area contributed by atoms with E-state index in [2.05, 4.69) is 64.6 Å². The van der Waals surface area contributed by atoms with E-state index in [9.17, 15) is 0 Å². The van der Waals surface area contributed by atoms with Crippen LogP contribution in [-0.2, 0) is 0 Å². The van der Waals surface area contributed by atoms with Gasteiger partial charge in [0.05, 0.1) is 0 Å². The molecule has 2 heteroatoms. The molecule has 1 aliphatic rings. The lowest BCUT2D eigenvalue weighted by molar-refractivity contribution is 0.370. The standard InChI is InChI=1S/C19H24BrN/c1-2-13-21-19(14-7-3-4-8-14)17-11-12-18(20)16-10-6-5-9-15(16)17/h5-6,9-12,14,19,21H,2-4,7-8,13H2,1H3. The van der Waals surface area contributed by atoms with Gasteiger partial charge in [0.2, 0.25) is 0 Å². The van der Waals surface area contributed by atoms with Crippen molar-refractivity contribution < 1.29 is 0 Å². The normalized spacial score (nSPS) is 17.4. The number of fused-ring (bicyclic) bond motifs is 1. The Bertz CT molecular complexity index is 602. The van der Waals surface area contributed by atoms with Crippen LogP contribution in [0, 0.1) is 5.92 Å². The van der Waals surface area contributed by atoms with E-state index >= 15 is 0 Å². The fraction of sp³-hybridized carbons (Fsp3) is 0.474. The van der Waals surface area contributed by atoms with Crippen molar-refractivity contribution in [1.82, 2.24) is 5.32 Å². The molecule has 0 heterocycles. The Morgan fingerprint density at radius 3 is 2.52 bits per heavy atom. The van der Waals surface area contributed by atoms with E-state index in [-0.39, 0.29) is 0 Å². The monoisotopic (exact) mass is 345 g/mol. The zero-order valence-electron chi connectivity index (χ0n) is 12.7. The molecule has 2 aromatic carbocycles. The van der Waals surface area contributed by atoms with Crippen molar-refractivity contribution in [3.8, 4) is 0 Å². The van der Waals surface area contributed by atoms with Gasteiger partial charge in [0, 0.05) is 10.5 Å². The molecule has 1 saturated carbocycles. The van der Waals surface area contributed by atoms with E-state index in [1.54, 1.807) is 0 Å². The van der Waals surface area contributed by atoms with Crippen molar-refractivity contribution in [3.05, 3.63) is 46.4 Å². The van der Waals surface area contributed by atoms with E-state index in [0.717, 1.165) is 12.5 Å². The van der Waals surface area contributed by atoms with Crippen LogP contribution in [0.1, 0.15) is 50.6 Å². The third kappa shape index (κ3) is 3.17. The third-order valence-electron chi connectivity index (χ3n) is 4.73. The highest BCUT2D eigenvalue weighted by Gasteiger charge is 2.27. The van der Waals surface area contributed by atoms with Crippen LogP contribution in [0.2, 0.25) is 0 Å². The highest BCUT2D eigenvalue weighted by molar-refractivity contribution is 9.10. The van der Waals surface area contributed by atoms with Crippen LogP contribution in [0.15, 0.2) is 40.9 Å². The molecule has 0 radical (unpaired) electrons. The number of hydrogen-bond donors (Lipinski definition) is 1. The average molecular weight is 346 g/mol. The summed E-state index contributed by atoms with van der Waals surface area (Å²) in [5.41, 5.74) is 1.48. The molecule has 3 rings (SSSR count). The quantitative estimate of drug-likeness (QED) is 0.718. The number of benzene rings is 2. The fourth-order valence-corrected chi connectivity index (χ4v) is 4.16. The molecule has 2 aromatic rings. The molecule has 1 unspecified atom stereocenters. The molecule has 1 nitrogen and oxygen atoms in total. The van der Waals surface area contributed by atoms with Crippen molar-refractivity contribution in [2.75, 3.05) is 6.54 Å². The van der Waals surface area contributed by atoms with Gasteiger partial charge in [0.15, 0.2) is 0 Å². The van der Waals surface area contributed by atoms with Crippen LogP contribution in [0.25, 0.3) is 10.8 Å². The molecule has 1 N–H and O–H groups in total. The zero-order chi connectivity index (χ0) is 14.7. The molecule has 1 atom stereocenters. The first kappa shape index (κ1) is 15.1. The lowest BCUT2D eigenvalue weighted by atomic mass is 9.88. The van der Waals surface area contributed by atoms with Crippen molar-refractivity contribution >= 4 is 26.7 Å². The Kier molecular flexibility index (Phi) is 4.97. The van der Waals surface area contributed by atoms with E-state index in [1.807, 2.05) is 0 Å². The second kappa shape index (κ2) is 6.93. The molecule has 0 aliphatic heterocycles. The van der Waals surface area contributed by atoms with Crippen LogP contribution in [0.3, 0.4) is 0 Å². The molecule has 0 aromatic heterocycles. The molecule has 112 valence electrons. The number of nitrogens with one attached hydrogen (secondary N) is 1. The smallest absolute Gasteiger partial charge is 0.0354 e. The first-order valence-electron chi connectivity index (χ1n) is 8.21. The summed E-state index contributed by atoms with van der Waals surface area (Å²) in [6.45, 7) is 3.35. The molecular formula is C19H24BrN. The van der Waals surface area contributed by atoms with Crippen LogP contribution < -0.4 is 5.32 Å². The Hall–Kier alpha value is -0.860. The molecule has 1 aliphatic carbocycles. The van der Waals surface area contributed by atoms with Gasteiger partial charge in [-0.3, -0.25) is 0 Å². The summed E-state index contributed by atoms with van der Waals surface area (Å²) in [5, 5.41) is 6.55. The van der Waals surface area contributed by atoms with Gasteiger partial charge in [0.1, 0.15) is 0 Å². The second-order valence-corrected chi connectivity index (χ2v) is 7.01. The van der Waals surface area contributed by atoms with Gasteiger partial charge in [-0.2, -0.15) is 0 Å². The van der Waals surface area contributed by atoms with Crippen molar-refractivity contribution in [3.63, 3.8) is 0 Å². The molecule has 1 fully saturated rings. The predicted octanol–water partition coefficient (Wildman–Crippen LogP) is 5.83. The van der Waals surface area contributed by atoms with Crippen LogP contribution in [-0.4, -0.2) is 6.54 Å². The first-order chi connectivity index (χ1) is 10.3. The predicted molar refractivity (Wildman–Crippen MR) is 94.6 cm³/mol. The second-order valence-electron chi connectivity index (χ2n) is 6.16. The number of hydrogen-bond acceptors (Lipinski definition) is 1. The Balaban J connectivity index is 2.03. The van der Waals surface area contributed by atoms with Gasteiger partial charge < -0.3 is 5.32 Å². The largest absolute Gasteiger partial charge is 0.310 e. The number of halogens is 1. The van der Waals surface area contributed by atoms with Gasteiger partial charge in [-0.25, -0.2) is 0 Å². The highest BCUT2D eigenvalue weighted by atomic mass is 79.9. The summed E-state index contributed by atoms with van der Waals surface area (Å²) in [7, 11) is 0. The maximum atomic E-state index is 3.82. The van der Waals surface area contributed by atoms with Crippen molar-refractivity contribution in [2.45, 2.75) is 45.1 Å². The zero-order valence-corrected chi connectivity index (χ0v) is 14.3. The minimum atomic E-state index is 0.505. The van der Waals surface area contributed by atoms with Gasteiger partial charge in [-0.1, -0.05) is 66.0 Å². The van der Waals surface area contributed by atoms with E-state index in [1.165, 1.54) is 52.9 Å². The maximum Gasteiger partial charge on any atom is 0.0354 e. The number of rotatable bonds is 5. The molecule has 0 bridgehead atoms. The Morgan fingerprint density at radius 1 is 1.10 bits per heavy atom. The molecular weight excluding hydrogens is 322 g/mol. The summed E-state index contributed by atoms with van der Waals surface area (Å²) in [6, 6.07) is 13.8. The highest BCUT2D eigenvalue weighted by Crippen LogP contribution is 2.39. The first-order valence-corrected chi connectivity index (χ1v) is 9.01. The lowest BCUT2D eigenvalue weighted by Crippen LogP contribution is -2.28. The Labute approximate surface area is 136 Å². The van der Waals surface area contributed by atoms with Gasteiger partial charge >= 0.3 is 0 Å². The maximum absolute atomic E-state index is 3.82. The third-order valence-corrected chi connectivity index (χ3v) is 5.42. The van der Waals surface area contributed by atoms with Gasteiger partial charge in [-0.15, -0.1) is 0 Å². The Morgan fingerprint density at radius 2 is 1.81 bits per heavy atom. The van der Waals surface area contributed by atoms with E-state index in [0.29, 0.717) is 6.04 Å². The van der Waals surface area contributed by atoms with Crippen LogP contribution in [0.5, 0.6) is 0 Å². The minimum absolute atomic E-state index is 0.505. The average Bonchev–Trinajstić information content (AvgIpc) is 3.04.